The smallest absolute Gasteiger partial charge is 0.266 e. The quantitative estimate of drug-likeness (QED) is 0.587. The minimum atomic E-state index is -1.28. The Balaban J connectivity index is 2.22. The number of nitrogens with zero attached hydrogens (tertiary/aromatic N) is 1. The molecule has 0 bridgehead atoms. The van der Waals surface area contributed by atoms with E-state index < -0.39 is 17.9 Å². The molecule has 1 aromatic rings. The maximum atomic E-state index is 12.4. The number of amides is 1. The van der Waals surface area contributed by atoms with E-state index in [2.05, 4.69) is 0 Å². The van der Waals surface area contributed by atoms with Crippen LogP contribution >= 0.6 is 24.0 Å². The van der Waals surface area contributed by atoms with Crippen LogP contribution in [0.1, 0.15) is 31.9 Å². The molecule has 1 aromatic heterocycles. The summed E-state index contributed by atoms with van der Waals surface area (Å²) in [5.74, 6) is -1.17. The van der Waals surface area contributed by atoms with Crippen molar-refractivity contribution < 1.29 is 19.1 Å². The lowest BCUT2D eigenvalue weighted by Gasteiger charge is -2.27. The van der Waals surface area contributed by atoms with Crippen molar-refractivity contribution in [2.45, 2.75) is 32.2 Å². The summed E-state index contributed by atoms with van der Waals surface area (Å²) in [5.41, 5.74) is 0. The van der Waals surface area contributed by atoms with Gasteiger partial charge < -0.3 is 14.3 Å². The van der Waals surface area contributed by atoms with E-state index in [4.69, 9.17) is 16.6 Å². The molecular weight excluding hydrogens is 310 g/mol. The molecule has 0 radical (unpaired) electrons. The molecule has 7 heteroatoms. The maximum absolute atomic E-state index is 12.4. The molecule has 0 aliphatic carbocycles. The van der Waals surface area contributed by atoms with Gasteiger partial charge in [0.15, 0.2) is 0 Å². The predicted molar refractivity (Wildman–Crippen MR) is 82.0 cm³/mol. The molecular formula is C14H14NO4S2-. The van der Waals surface area contributed by atoms with Gasteiger partial charge >= 0.3 is 0 Å². The van der Waals surface area contributed by atoms with Gasteiger partial charge in [0.05, 0.1) is 23.2 Å². The molecule has 2 rings (SSSR count). The molecule has 0 spiro atoms. The van der Waals surface area contributed by atoms with E-state index in [9.17, 15) is 14.7 Å². The predicted octanol–water partition coefficient (Wildman–Crippen LogP) is 1.79. The number of furan rings is 1. The van der Waals surface area contributed by atoms with Crippen LogP contribution in [-0.2, 0) is 9.59 Å². The van der Waals surface area contributed by atoms with Crippen LogP contribution in [-0.4, -0.2) is 27.1 Å². The van der Waals surface area contributed by atoms with E-state index in [-0.39, 0.29) is 4.32 Å². The van der Waals surface area contributed by atoms with Gasteiger partial charge in [-0.1, -0.05) is 43.7 Å². The van der Waals surface area contributed by atoms with Crippen LogP contribution in [0.25, 0.3) is 6.08 Å². The number of carboxylic acids is 1. The second kappa shape index (κ2) is 6.91. The standard InChI is InChI=1S/C14H15NO4S2/c1-2-3-6-10(13(17)18)15-12(16)11(21-14(15)20)8-9-5-4-7-19-9/h4-5,7-8,10H,2-3,6H2,1H3,(H,17,18)/p-1/t10-/m0/s1. The van der Waals surface area contributed by atoms with E-state index in [1.54, 1.807) is 18.2 Å². The monoisotopic (exact) mass is 324 g/mol. The lowest BCUT2D eigenvalue weighted by atomic mass is 10.1. The van der Waals surface area contributed by atoms with Crippen molar-refractivity contribution >= 4 is 46.3 Å². The number of aliphatic carboxylic acids is 1. The molecule has 0 unspecified atom stereocenters. The van der Waals surface area contributed by atoms with Crippen molar-refractivity contribution in [3.8, 4) is 0 Å². The van der Waals surface area contributed by atoms with Crippen molar-refractivity contribution in [3.05, 3.63) is 29.1 Å². The molecule has 1 aliphatic heterocycles. The van der Waals surface area contributed by atoms with Crippen LogP contribution in [0.4, 0.5) is 0 Å². The third-order valence-corrected chi connectivity index (χ3v) is 4.39. The number of carbonyl (C=O) groups excluding carboxylic acids is 2. The second-order valence-corrected chi connectivity index (χ2v) is 6.22. The Morgan fingerprint density at radius 1 is 1.62 bits per heavy atom. The first-order chi connectivity index (χ1) is 10.0. The van der Waals surface area contributed by atoms with Crippen molar-refractivity contribution in [3.63, 3.8) is 0 Å². The largest absolute Gasteiger partial charge is 0.548 e. The Hall–Kier alpha value is -1.60. The number of rotatable bonds is 6. The Bertz CT molecular complexity index is 580. The van der Waals surface area contributed by atoms with Gasteiger partial charge in [0, 0.05) is 6.08 Å². The number of hydrogen-bond donors (Lipinski definition) is 0. The number of thiocarbonyl (C=S) groups is 1. The molecule has 0 aromatic carbocycles. The van der Waals surface area contributed by atoms with Crippen LogP contribution in [0.5, 0.6) is 0 Å². The van der Waals surface area contributed by atoms with Crippen molar-refractivity contribution in [1.29, 1.82) is 0 Å². The van der Waals surface area contributed by atoms with Gasteiger partial charge in [-0.25, -0.2) is 0 Å². The molecule has 5 nitrogen and oxygen atoms in total. The topological polar surface area (TPSA) is 73.6 Å². The first kappa shape index (κ1) is 15.8. The molecule has 1 fully saturated rings. The highest BCUT2D eigenvalue weighted by atomic mass is 32.2. The van der Waals surface area contributed by atoms with Gasteiger partial charge in [0.2, 0.25) is 0 Å². The van der Waals surface area contributed by atoms with E-state index in [0.29, 0.717) is 23.5 Å². The Morgan fingerprint density at radius 2 is 2.38 bits per heavy atom. The Morgan fingerprint density at radius 3 is 2.95 bits per heavy atom. The van der Waals surface area contributed by atoms with E-state index in [1.165, 1.54) is 6.26 Å². The lowest BCUT2D eigenvalue weighted by Crippen LogP contribution is -2.49. The van der Waals surface area contributed by atoms with Gasteiger partial charge in [-0.3, -0.25) is 9.69 Å². The molecule has 21 heavy (non-hydrogen) atoms. The number of hydrogen-bond acceptors (Lipinski definition) is 6. The maximum Gasteiger partial charge on any atom is 0.266 e. The highest BCUT2D eigenvalue weighted by Crippen LogP contribution is 2.34. The summed E-state index contributed by atoms with van der Waals surface area (Å²) in [7, 11) is 0. The Labute approximate surface area is 132 Å². The number of unbranched alkanes of at least 4 members (excludes halogenated alkanes) is 1. The SMILES string of the molecule is CCCC[C@@H](C(=O)[O-])N1C(=O)C(=Cc2ccco2)SC1=S. The van der Waals surface area contributed by atoms with Crippen LogP contribution < -0.4 is 5.11 Å². The number of carbonyl (C=O) groups is 2. The summed E-state index contributed by atoms with van der Waals surface area (Å²) in [6.07, 6.45) is 4.91. The zero-order valence-electron chi connectivity index (χ0n) is 11.4. The summed E-state index contributed by atoms with van der Waals surface area (Å²) in [5, 5.41) is 11.3. The first-order valence-corrected chi connectivity index (χ1v) is 7.78. The van der Waals surface area contributed by atoms with Crippen LogP contribution in [0.3, 0.4) is 0 Å². The minimum absolute atomic E-state index is 0.239. The van der Waals surface area contributed by atoms with Gasteiger partial charge in [-0.2, -0.15) is 0 Å². The molecule has 0 N–H and O–H groups in total. The normalized spacial score (nSPS) is 18.5. The van der Waals surface area contributed by atoms with Crippen molar-refractivity contribution in [1.82, 2.24) is 4.90 Å². The fraction of sp³-hybridized carbons (Fsp3) is 0.357. The third-order valence-electron chi connectivity index (χ3n) is 3.05. The highest BCUT2D eigenvalue weighted by Gasteiger charge is 2.37. The molecule has 1 saturated heterocycles. The van der Waals surface area contributed by atoms with E-state index in [0.717, 1.165) is 23.1 Å². The first-order valence-electron chi connectivity index (χ1n) is 6.56. The van der Waals surface area contributed by atoms with Crippen LogP contribution in [0.2, 0.25) is 0 Å². The molecule has 1 aliphatic rings. The molecule has 1 amide bonds. The molecule has 112 valence electrons. The summed E-state index contributed by atoms with van der Waals surface area (Å²) in [6.45, 7) is 1.95. The summed E-state index contributed by atoms with van der Waals surface area (Å²) in [6, 6.07) is 2.40. The summed E-state index contributed by atoms with van der Waals surface area (Å²) in [4.78, 5) is 25.2. The fourth-order valence-electron chi connectivity index (χ4n) is 2.00. The minimum Gasteiger partial charge on any atom is -0.548 e. The lowest BCUT2D eigenvalue weighted by molar-refractivity contribution is -0.310. The summed E-state index contributed by atoms with van der Waals surface area (Å²) >= 11 is 6.22. The number of carboxylic acid groups (broad SMARTS) is 1. The average Bonchev–Trinajstić information content (AvgIpc) is 3.02. The molecule has 2 heterocycles. The molecule has 0 saturated carbocycles. The van der Waals surface area contributed by atoms with Gasteiger partial charge in [0.1, 0.15) is 10.1 Å². The summed E-state index contributed by atoms with van der Waals surface area (Å²) < 4.78 is 5.39. The number of thioether (sulfide) groups is 1. The van der Waals surface area contributed by atoms with Gasteiger partial charge in [-0.15, -0.1) is 0 Å². The van der Waals surface area contributed by atoms with E-state index in [1.807, 2.05) is 6.92 Å². The Kier molecular flexibility index (Phi) is 5.19. The third kappa shape index (κ3) is 3.54. The zero-order chi connectivity index (χ0) is 15.4. The van der Waals surface area contributed by atoms with Crippen LogP contribution in [0, 0.1) is 0 Å². The fourth-order valence-corrected chi connectivity index (χ4v) is 3.34. The molecule has 1 atom stereocenters. The van der Waals surface area contributed by atoms with Crippen molar-refractivity contribution in [2.24, 2.45) is 0 Å². The second-order valence-electron chi connectivity index (χ2n) is 4.54. The van der Waals surface area contributed by atoms with Crippen molar-refractivity contribution in [2.75, 3.05) is 0 Å². The van der Waals surface area contributed by atoms with Crippen LogP contribution in [0.15, 0.2) is 27.7 Å². The van der Waals surface area contributed by atoms with Gasteiger partial charge in [-0.05, 0) is 18.6 Å². The average molecular weight is 324 g/mol. The van der Waals surface area contributed by atoms with E-state index >= 15 is 0 Å². The highest BCUT2D eigenvalue weighted by molar-refractivity contribution is 8.26. The zero-order valence-corrected chi connectivity index (χ0v) is 13.0. The van der Waals surface area contributed by atoms with Gasteiger partial charge in [0.25, 0.3) is 5.91 Å².